The lowest BCUT2D eigenvalue weighted by molar-refractivity contribution is -0.131. The molecule has 0 bridgehead atoms. The minimum Gasteiger partial charge on any atom is -0.408 e. The van der Waals surface area contributed by atoms with Gasteiger partial charge in [-0.1, -0.05) is 0 Å². The van der Waals surface area contributed by atoms with Gasteiger partial charge < -0.3 is 14.6 Å². The third kappa shape index (κ3) is 2.30. The Morgan fingerprint density at radius 2 is 2.08 bits per heavy atom. The van der Waals surface area contributed by atoms with Crippen molar-refractivity contribution in [2.45, 2.75) is 6.04 Å². The van der Waals surface area contributed by atoms with Gasteiger partial charge in [-0.15, -0.1) is 0 Å². The van der Waals surface area contributed by atoms with E-state index in [2.05, 4.69) is 10.2 Å². The fraction of sp³-hybridized carbons (Fsp3) is 0.438. The first-order chi connectivity index (χ1) is 11.5. The number of nitrogens with one attached hydrogen (secondary N) is 1. The van der Waals surface area contributed by atoms with Gasteiger partial charge >= 0.3 is 5.76 Å². The lowest BCUT2D eigenvalue weighted by Crippen LogP contribution is -2.64. The van der Waals surface area contributed by atoms with Gasteiger partial charge in [-0.3, -0.25) is 19.1 Å². The maximum absolute atomic E-state index is 12.8. The maximum atomic E-state index is 12.8. The van der Waals surface area contributed by atoms with Crippen LogP contribution in [0.15, 0.2) is 27.4 Å². The number of hydrogen-bond acceptors (Lipinski definition) is 5. The second-order valence-corrected chi connectivity index (χ2v) is 6.20. The molecule has 0 aliphatic carbocycles. The van der Waals surface area contributed by atoms with Gasteiger partial charge in [0.2, 0.25) is 5.91 Å². The zero-order chi connectivity index (χ0) is 16.8. The van der Waals surface area contributed by atoms with E-state index >= 15 is 0 Å². The van der Waals surface area contributed by atoms with Crippen LogP contribution in [-0.2, 0) is 11.8 Å². The van der Waals surface area contributed by atoms with Crippen LogP contribution in [0.1, 0.15) is 10.4 Å². The van der Waals surface area contributed by atoms with Crippen molar-refractivity contribution in [3.8, 4) is 0 Å². The fourth-order valence-corrected chi connectivity index (χ4v) is 3.40. The van der Waals surface area contributed by atoms with Gasteiger partial charge in [-0.2, -0.15) is 0 Å². The van der Waals surface area contributed by atoms with E-state index in [9.17, 15) is 14.4 Å². The molecule has 1 aromatic carbocycles. The van der Waals surface area contributed by atoms with Crippen LogP contribution in [0.25, 0.3) is 11.1 Å². The van der Waals surface area contributed by atoms with Crippen LogP contribution in [0.3, 0.4) is 0 Å². The highest BCUT2D eigenvalue weighted by molar-refractivity contribution is 5.97. The minimum absolute atomic E-state index is 0.0218. The molecule has 2 aromatic rings. The first kappa shape index (κ1) is 14.9. The van der Waals surface area contributed by atoms with Gasteiger partial charge in [-0.25, -0.2) is 4.79 Å². The van der Waals surface area contributed by atoms with Crippen molar-refractivity contribution < 1.29 is 14.0 Å². The summed E-state index contributed by atoms with van der Waals surface area (Å²) in [6.07, 6.45) is 0. The normalized spacial score (nSPS) is 21.6. The van der Waals surface area contributed by atoms with Crippen molar-refractivity contribution in [2.75, 3.05) is 32.7 Å². The average Bonchev–Trinajstić information content (AvgIpc) is 2.88. The second-order valence-electron chi connectivity index (χ2n) is 6.20. The third-order valence-electron chi connectivity index (χ3n) is 4.82. The minimum atomic E-state index is -0.456. The van der Waals surface area contributed by atoms with Crippen LogP contribution in [0.5, 0.6) is 0 Å². The van der Waals surface area contributed by atoms with Crippen LogP contribution < -0.4 is 11.1 Å². The molecule has 8 nitrogen and oxygen atoms in total. The van der Waals surface area contributed by atoms with Crippen LogP contribution in [0, 0.1) is 0 Å². The molecule has 0 radical (unpaired) electrons. The summed E-state index contributed by atoms with van der Waals surface area (Å²) >= 11 is 0. The molecule has 0 saturated carbocycles. The first-order valence-electron chi connectivity index (χ1n) is 7.95. The van der Waals surface area contributed by atoms with Gasteiger partial charge in [0.1, 0.15) is 6.04 Å². The van der Waals surface area contributed by atoms with Gasteiger partial charge in [0, 0.05) is 45.3 Å². The lowest BCUT2D eigenvalue weighted by Gasteiger charge is -2.43. The topological polar surface area (TPSA) is 87.8 Å². The number of amides is 2. The largest absolute Gasteiger partial charge is 0.419 e. The van der Waals surface area contributed by atoms with Gasteiger partial charge in [0.05, 0.1) is 5.52 Å². The number of carbonyl (C=O) groups excluding carboxylic acids is 2. The molecule has 2 saturated heterocycles. The second kappa shape index (κ2) is 5.48. The van der Waals surface area contributed by atoms with E-state index in [1.165, 1.54) is 4.57 Å². The van der Waals surface area contributed by atoms with Crippen molar-refractivity contribution in [2.24, 2.45) is 7.05 Å². The molecule has 2 amide bonds. The van der Waals surface area contributed by atoms with Gasteiger partial charge in [-0.05, 0) is 18.2 Å². The van der Waals surface area contributed by atoms with Crippen LogP contribution >= 0.6 is 0 Å². The number of carbonyl (C=O) groups is 2. The summed E-state index contributed by atoms with van der Waals surface area (Å²) in [7, 11) is 1.60. The molecule has 1 atom stereocenters. The Labute approximate surface area is 137 Å². The highest BCUT2D eigenvalue weighted by Crippen LogP contribution is 2.19. The summed E-state index contributed by atoms with van der Waals surface area (Å²) in [5, 5.41) is 2.85. The number of aromatic nitrogens is 1. The third-order valence-corrected chi connectivity index (χ3v) is 4.82. The monoisotopic (exact) mass is 330 g/mol. The molecule has 0 unspecified atom stereocenters. The number of piperazine rings is 2. The van der Waals surface area contributed by atoms with E-state index in [4.69, 9.17) is 4.42 Å². The lowest BCUT2D eigenvalue weighted by atomic mass is 10.1. The number of hydrogen-bond donors (Lipinski definition) is 1. The van der Waals surface area contributed by atoms with Gasteiger partial charge in [0.15, 0.2) is 5.58 Å². The van der Waals surface area contributed by atoms with E-state index < -0.39 is 5.76 Å². The fourth-order valence-electron chi connectivity index (χ4n) is 3.40. The van der Waals surface area contributed by atoms with Crippen molar-refractivity contribution in [3.05, 3.63) is 34.3 Å². The van der Waals surface area contributed by atoms with Gasteiger partial charge in [0.25, 0.3) is 5.91 Å². The average molecular weight is 330 g/mol. The molecule has 0 spiro atoms. The molecule has 2 fully saturated rings. The Morgan fingerprint density at radius 1 is 1.25 bits per heavy atom. The van der Waals surface area contributed by atoms with E-state index in [0.29, 0.717) is 42.8 Å². The molecule has 2 aliphatic rings. The summed E-state index contributed by atoms with van der Waals surface area (Å²) in [5.74, 6) is -0.614. The van der Waals surface area contributed by atoms with E-state index in [1.807, 2.05) is 0 Å². The SMILES string of the molecule is Cn1c(=O)oc2ccc(C(=O)N3CCN4CCNC(=O)[C@@H]4C3)cc21. The van der Waals surface area contributed by atoms with Crippen molar-refractivity contribution in [1.82, 2.24) is 19.7 Å². The molecule has 4 rings (SSSR count). The van der Waals surface area contributed by atoms with Crippen LogP contribution in [0.2, 0.25) is 0 Å². The number of benzene rings is 1. The summed E-state index contributed by atoms with van der Waals surface area (Å²) in [6.45, 7) is 3.14. The Morgan fingerprint density at radius 3 is 2.92 bits per heavy atom. The predicted molar refractivity (Wildman–Crippen MR) is 85.7 cm³/mol. The Balaban J connectivity index is 1.60. The van der Waals surface area contributed by atoms with Crippen molar-refractivity contribution in [3.63, 3.8) is 0 Å². The van der Waals surface area contributed by atoms with E-state index in [0.717, 1.165) is 6.54 Å². The maximum Gasteiger partial charge on any atom is 0.419 e. The zero-order valence-electron chi connectivity index (χ0n) is 13.3. The Hall–Kier alpha value is -2.61. The smallest absolute Gasteiger partial charge is 0.408 e. The molecule has 1 N–H and O–H groups in total. The highest BCUT2D eigenvalue weighted by Gasteiger charge is 2.36. The van der Waals surface area contributed by atoms with E-state index in [1.54, 1.807) is 30.1 Å². The Bertz CT molecular complexity index is 884. The Kier molecular flexibility index (Phi) is 3.42. The quantitative estimate of drug-likeness (QED) is 0.753. The predicted octanol–water partition coefficient (Wildman–Crippen LogP) is -0.612. The molecule has 2 aliphatic heterocycles. The molecule has 126 valence electrons. The standard InChI is InChI=1S/C16H18N4O4/c1-18-11-8-10(2-3-13(11)24-16(18)23)15(22)20-7-6-19-5-4-17-14(21)12(19)9-20/h2-3,8,12H,4-7,9H2,1H3,(H,17,21)/t12-/m0/s1. The number of rotatable bonds is 1. The first-order valence-corrected chi connectivity index (χ1v) is 7.95. The molecule has 8 heteroatoms. The summed E-state index contributed by atoms with van der Waals surface area (Å²) < 4.78 is 6.46. The summed E-state index contributed by atoms with van der Waals surface area (Å²) in [5.41, 5.74) is 1.53. The van der Waals surface area contributed by atoms with Crippen molar-refractivity contribution in [1.29, 1.82) is 0 Å². The number of oxazole rings is 1. The van der Waals surface area contributed by atoms with Crippen LogP contribution in [-0.4, -0.2) is 64.9 Å². The number of nitrogens with zero attached hydrogens (tertiary/aromatic N) is 3. The number of aryl methyl sites for hydroxylation is 1. The zero-order valence-corrected chi connectivity index (χ0v) is 13.3. The highest BCUT2D eigenvalue weighted by atomic mass is 16.4. The van der Waals surface area contributed by atoms with Crippen LogP contribution in [0.4, 0.5) is 0 Å². The molecular weight excluding hydrogens is 312 g/mol. The molecule has 24 heavy (non-hydrogen) atoms. The summed E-state index contributed by atoms with van der Waals surface area (Å²) in [6, 6.07) is 4.67. The van der Waals surface area contributed by atoms with Crippen molar-refractivity contribution >= 4 is 22.9 Å². The summed E-state index contributed by atoms with van der Waals surface area (Å²) in [4.78, 5) is 40.2. The molecule has 3 heterocycles. The molecule has 1 aromatic heterocycles. The number of fused-ring (bicyclic) bond motifs is 2. The molecular formula is C16H18N4O4. The van der Waals surface area contributed by atoms with E-state index in [-0.39, 0.29) is 17.9 Å².